The molecule has 1 fully saturated rings. The Hall–Kier alpha value is -2.04. The summed E-state index contributed by atoms with van der Waals surface area (Å²) in [4.78, 5) is 13.3. The summed E-state index contributed by atoms with van der Waals surface area (Å²) in [5.74, 6) is 0.615. The first-order valence-electron chi connectivity index (χ1n) is 9.78. The molecule has 0 bridgehead atoms. The van der Waals surface area contributed by atoms with Gasteiger partial charge >= 0.3 is 0 Å². The average Bonchev–Trinajstić information content (AvgIpc) is 3.16. The van der Waals surface area contributed by atoms with E-state index in [1.165, 1.54) is 5.56 Å². The van der Waals surface area contributed by atoms with Gasteiger partial charge in [0.2, 0.25) is 5.91 Å². The molecular formula is C23H28ClNO3. The van der Waals surface area contributed by atoms with Gasteiger partial charge in [-0.05, 0) is 50.5 Å². The van der Waals surface area contributed by atoms with E-state index >= 15 is 0 Å². The molecule has 4 nitrogen and oxygen atoms in total. The van der Waals surface area contributed by atoms with Gasteiger partial charge < -0.3 is 14.8 Å². The van der Waals surface area contributed by atoms with Crippen LogP contribution in [-0.2, 0) is 14.9 Å². The number of anilines is 1. The van der Waals surface area contributed by atoms with Crippen molar-refractivity contribution in [3.63, 3.8) is 0 Å². The van der Waals surface area contributed by atoms with Crippen molar-refractivity contribution in [3.8, 4) is 5.75 Å². The van der Waals surface area contributed by atoms with Crippen molar-refractivity contribution in [2.75, 3.05) is 19.0 Å². The number of hydrogen-bond donors (Lipinski definition) is 1. The second-order valence-electron chi connectivity index (χ2n) is 7.64. The lowest BCUT2D eigenvalue weighted by atomic mass is 9.77. The van der Waals surface area contributed by atoms with Crippen LogP contribution in [0.25, 0.3) is 0 Å². The summed E-state index contributed by atoms with van der Waals surface area (Å²) in [6.07, 6.45) is 3.75. The number of rotatable bonds is 7. The number of carbonyl (C=O) groups is 1. The Labute approximate surface area is 172 Å². The van der Waals surface area contributed by atoms with Crippen LogP contribution in [0.1, 0.15) is 43.7 Å². The molecule has 2 aromatic carbocycles. The summed E-state index contributed by atoms with van der Waals surface area (Å²) in [7, 11) is 1.63. The number of nitrogens with one attached hydrogen (secondary N) is 1. The maximum Gasteiger partial charge on any atom is 0.235 e. The van der Waals surface area contributed by atoms with Crippen molar-refractivity contribution in [1.82, 2.24) is 0 Å². The zero-order valence-corrected chi connectivity index (χ0v) is 17.5. The molecule has 0 aliphatic heterocycles. The molecule has 1 amide bonds. The number of carbonyl (C=O) groups excluding carboxylic acids is 1. The molecular weight excluding hydrogens is 374 g/mol. The highest BCUT2D eigenvalue weighted by molar-refractivity contribution is 6.32. The minimum Gasteiger partial charge on any atom is -0.487 e. The van der Waals surface area contributed by atoms with E-state index in [0.29, 0.717) is 23.1 Å². The number of aryl methyl sites for hydroxylation is 1. The van der Waals surface area contributed by atoms with Gasteiger partial charge in [-0.2, -0.15) is 0 Å². The fraction of sp³-hybridized carbons (Fsp3) is 0.435. The van der Waals surface area contributed by atoms with Gasteiger partial charge in [-0.3, -0.25) is 4.79 Å². The van der Waals surface area contributed by atoms with Crippen molar-refractivity contribution < 1.29 is 14.3 Å². The molecule has 1 unspecified atom stereocenters. The summed E-state index contributed by atoms with van der Waals surface area (Å²) >= 11 is 6.37. The average molecular weight is 402 g/mol. The SMILES string of the molecule is COCC(C)Oc1ccc(NC(=O)C2(c3ccc(C)cc3)CCCC2)cc1Cl. The number of ether oxygens (including phenoxy) is 2. The van der Waals surface area contributed by atoms with E-state index in [9.17, 15) is 4.79 Å². The summed E-state index contributed by atoms with van der Waals surface area (Å²) in [6.45, 7) is 4.46. The lowest BCUT2D eigenvalue weighted by molar-refractivity contribution is -0.121. The number of hydrogen-bond acceptors (Lipinski definition) is 3. The first kappa shape index (κ1) is 20.7. The second-order valence-corrected chi connectivity index (χ2v) is 8.05. The van der Waals surface area contributed by atoms with Crippen LogP contribution in [-0.4, -0.2) is 25.7 Å². The molecule has 1 atom stereocenters. The standard InChI is InChI=1S/C23H28ClNO3/c1-16-6-8-18(9-7-16)23(12-4-5-13-23)22(26)25-19-10-11-21(20(24)14-19)28-17(2)15-27-3/h6-11,14,17H,4-5,12-13,15H2,1-3H3,(H,25,26). The fourth-order valence-corrected chi connectivity index (χ4v) is 4.13. The Morgan fingerprint density at radius 2 is 1.86 bits per heavy atom. The predicted octanol–water partition coefficient (Wildman–Crippen LogP) is 5.51. The lowest BCUT2D eigenvalue weighted by Gasteiger charge is -2.28. The fourth-order valence-electron chi connectivity index (χ4n) is 3.91. The smallest absolute Gasteiger partial charge is 0.235 e. The van der Waals surface area contributed by atoms with Crippen molar-refractivity contribution in [2.24, 2.45) is 0 Å². The maximum absolute atomic E-state index is 13.3. The van der Waals surface area contributed by atoms with Crippen LogP contribution in [0.15, 0.2) is 42.5 Å². The van der Waals surface area contributed by atoms with Gasteiger partial charge in [0.1, 0.15) is 11.9 Å². The topological polar surface area (TPSA) is 47.6 Å². The van der Waals surface area contributed by atoms with Crippen LogP contribution in [0, 0.1) is 6.92 Å². The molecule has 2 aromatic rings. The minimum atomic E-state index is -0.470. The Morgan fingerprint density at radius 1 is 1.18 bits per heavy atom. The van der Waals surface area contributed by atoms with Gasteiger partial charge in [0.05, 0.1) is 17.0 Å². The van der Waals surface area contributed by atoms with Crippen LogP contribution < -0.4 is 10.1 Å². The maximum atomic E-state index is 13.3. The van der Waals surface area contributed by atoms with Gasteiger partial charge in [-0.1, -0.05) is 54.3 Å². The Kier molecular flexibility index (Phi) is 6.63. The number of amides is 1. The van der Waals surface area contributed by atoms with Crippen molar-refractivity contribution in [1.29, 1.82) is 0 Å². The van der Waals surface area contributed by atoms with Crippen LogP contribution in [0.2, 0.25) is 5.02 Å². The van der Waals surface area contributed by atoms with E-state index in [0.717, 1.165) is 31.2 Å². The third-order valence-corrected chi connectivity index (χ3v) is 5.71. The largest absolute Gasteiger partial charge is 0.487 e. The van der Waals surface area contributed by atoms with Crippen LogP contribution in [0.3, 0.4) is 0 Å². The van der Waals surface area contributed by atoms with E-state index in [1.807, 2.05) is 13.0 Å². The van der Waals surface area contributed by atoms with E-state index < -0.39 is 5.41 Å². The highest BCUT2D eigenvalue weighted by Gasteiger charge is 2.42. The quantitative estimate of drug-likeness (QED) is 0.665. The van der Waals surface area contributed by atoms with Gasteiger partial charge in [0.15, 0.2) is 0 Å². The Bertz CT molecular complexity index is 813. The van der Waals surface area contributed by atoms with Gasteiger partial charge in [0.25, 0.3) is 0 Å². The van der Waals surface area contributed by atoms with Crippen molar-refractivity contribution >= 4 is 23.2 Å². The molecule has 0 heterocycles. The Morgan fingerprint density at radius 3 is 2.46 bits per heavy atom. The summed E-state index contributed by atoms with van der Waals surface area (Å²) in [6, 6.07) is 13.7. The third kappa shape index (κ3) is 4.50. The predicted molar refractivity (Wildman–Crippen MR) is 113 cm³/mol. The van der Waals surface area contributed by atoms with Crippen LogP contribution in [0.4, 0.5) is 5.69 Å². The molecule has 0 radical (unpaired) electrons. The summed E-state index contributed by atoms with van der Waals surface area (Å²) < 4.78 is 10.9. The molecule has 1 aliphatic rings. The molecule has 1 aliphatic carbocycles. The molecule has 5 heteroatoms. The first-order valence-corrected chi connectivity index (χ1v) is 10.2. The first-order chi connectivity index (χ1) is 13.4. The lowest BCUT2D eigenvalue weighted by Crippen LogP contribution is -2.38. The van der Waals surface area contributed by atoms with Gasteiger partial charge in [0, 0.05) is 12.8 Å². The minimum absolute atomic E-state index is 0.0336. The molecule has 0 spiro atoms. The zero-order valence-electron chi connectivity index (χ0n) is 16.8. The van der Waals surface area contributed by atoms with E-state index in [2.05, 4.69) is 36.5 Å². The van der Waals surface area contributed by atoms with E-state index in [1.54, 1.807) is 19.2 Å². The van der Waals surface area contributed by atoms with Gasteiger partial charge in [-0.25, -0.2) is 0 Å². The molecule has 1 N–H and O–H groups in total. The number of benzene rings is 2. The summed E-state index contributed by atoms with van der Waals surface area (Å²) in [5.41, 5.74) is 2.50. The van der Waals surface area contributed by atoms with Gasteiger partial charge in [-0.15, -0.1) is 0 Å². The molecule has 1 saturated carbocycles. The molecule has 0 aromatic heterocycles. The number of methoxy groups -OCH3 is 1. The van der Waals surface area contributed by atoms with E-state index in [-0.39, 0.29) is 12.0 Å². The monoisotopic (exact) mass is 401 g/mol. The van der Waals surface area contributed by atoms with Crippen molar-refractivity contribution in [3.05, 3.63) is 58.6 Å². The Balaban J connectivity index is 1.77. The molecule has 0 saturated heterocycles. The zero-order chi connectivity index (χ0) is 20.1. The summed E-state index contributed by atoms with van der Waals surface area (Å²) in [5, 5.41) is 3.55. The molecule has 28 heavy (non-hydrogen) atoms. The molecule has 150 valence electrons. The highest BCUT2D eigenvalue weighted by atomic mass is 35.5. The highest BCUT2D eigenvalue weighted by Crippen LogP contribution is 2.42. The van der Waals surface area contributed by atoms with Crippen LogP contribution >= 0.6 is 11.6 Å². The normalized spacial score (nSPS) is 16.6. The van der Waals surface area contributed by atoms with E-state index in [4.69, 9.17) is 21.1 Å². The molecule has 3 rings (SSSR count). The van der Waals surface area contributed by atoms with Crippen LogP contribution in [0.5, 0.6) is 5.75 Å². The van der Waals surface area contributed by atoms with Crippen molar-refractivity contribution in [2.45, 2.75) is 51.0 Å². The number of halogens is 1. The third-order valence-electron chi connectivity index (χ3n) is 5.42. The second kappa shape index (κ2) is 8.97.